The molecule has 0 bridgehead atoms. The van der Waals surface area contributed by atoms with Gasteiger partial charge < -0.3 is 20.5 Å². The molecule has 1 amide bonds. The van der Waals surface area contributed by atoms with Gasteiger partial charge in [-0.25, -0.2) is 0 Å². The fourth-order valence-electron chi connectivity index (χ4n) is 2.22. The zero-order valence-electron chi connectivity index (χ0n) is 12.6. The van der Waals surface area contributed by atoms with Gasteiger partial charge in [0.05, 0.1) is 11.3 Å². The number of benzene rings is 1. The fraction of sp³-hybridized carbons (Fsp3) is 0.533. The second-order valence-corrected chi connectivity index (χ2v) is 6.49. The highest BCUT2D eigenvalue weighted by atomic mass is 32.2. The maximum Gasteiger partial charge on any atom is 0.262 e. The maximum atomic E-state index is 11.3. The molecule has 0 saturated carbocycles. The molecule has 3 N–H and O–H groups in total. The van der Waals surface area contributed by atoms with Gasteiger partial charge in [0.15, 0.2) is 6.61 Å². The molecule has 0 radical (unpaired) electrons. The predicted octanol–water partition coefficient (Wildman–Crippen LogP) is 1.78. The number of ether oxygens (including phenoxy) is 1. The number of aliphatic hydroxyl groups is 1. The molecule has 0 fully saturated rings. The summed E-state index contributed by atoms with van der Waals surface area (Å²) in [4.78, 5) is 11.3. The molecule has 1 aromatic carbocycles. The third kappa shape index (κ3) is 4.36. The van der Waals surface area contributed by atoms with Crippen molar-refractivity contribution in [3.05, 3.63) is 23.8 Å². The Kier molecular flexibility index (Phi) is 5.13. The number of nitrogens with one attached hydrogen (secondary N) is 2. The summed E-state index contributed by atoms with van der Waals surface area (Å²) in [7, 11) is 0. The van der Waals surface area contributed by atoms with Gasteiger partial charge in [-0.1, -0.05) is 6.07 Å². The van der Waals surface area contributed by atoms with Crippen LogP contribution in [0.15, 0.2) is 18.2 Å². The van der Waals surface area contributed by atoms with Gasteiger partial charge in [0.2, 0.25) is 0 Å². The Morgan fingerprint density at radius 3 is 3.05 bits per heavy atom. The van der Waals surface area contributed by atoms with Gasteiger partial charge in [-0.2, -0.15) is 11.8 Å². The summed E-state index contributed by atoms with van der Waals surface area (Å²) in [5.74, 6) is 1.24. The van der Waals surface area contributed by atoms with Crippen molar-refractivity contribution in [2.75, 3.05) is 30.5 Å². The molecule has 1 aliphatic rings. The van der Waals surface area contributed by atoms with E-state index in [9.17, 15) is 9.90 Å². The Morgan fingerprint density at radius 2 is 2.33 bits per heavy atom. The van der Waals surface area contributed by atoms with Crippen LogP contribution in [0, 0.1) is 0 Å². The minimum atomic E-state index is -0.737. The van der Waals surface area contributed by atoms with Crippen molar-refractivity contribution in [1.82, 2.24) is 5.32 Å². The Hall–Kier alpha value is -1.24. The molecule has 2 atom stereocenters. The Labute approximate surface area is 129 Å². The Morgan fingerprint density at radius 1 is 1.57 bits per heavy atom. The lowest BCUT2D eigenvalue weighted by molar-refractivity contribution is -0.118. The predicted molar refractivity (Wildman–Crippen MR) is 86.0 cm³/mol. The molecule has 1 heterocycles. The Bertz CT molecular complexity index is 520. The molecule has 0 aliphatic carbocycles. The largest absolute Gasteiger partial charge is 0.482 e. The molecule has 1 aliphatic heterocycles. The fourth-order valence-corrected chi connectivity index (χ4v) is 2.95. The maximum absolute atomic E-state index is 11.3. The topological polar surface area (TPSA) is 70.6 Å². The van der Waals surface area contributed by atoms with Crippen LogP contribution < -0.4 is 15.4 Å². The lowest BCUT2D eigenvalue weighted by Crippen LogP contribution is -2.40. The highest BCUT2D eigenvalue weighted by molar-refractivity contribution is 7.98. The van der Waals surface area contributed by atoms with Crippen LogP contribution in [0.4, 0.5) is 5.69 Å². The molecular weight excluding hydrogens is 288 g/mol. The van der Waals surface area contributed by atoms with Gasteiger partial charge in [0, 0.05) is 18.3 Å². The summed E-state index contributed by atoms with van der Waals surface area (Å²) in [5, 5.41) is 16.3. The van der Waals surface area contributed by atoms with Crippen LogP contribution in [0.2, 0.25) is 0 Å². The van der Waals surface area contributed by atoms with Gasteiger partial charge in [0.1, 0.15) is 5.75 Å². The summed E-state index contributed by atoms with van der Waals surface area (Å²) in [6.45, 7) is 4.43. The highest BCUT2D eigenvalue weighted by Gasteiger charge is 2.21. The first kappa shape index (κ1) is 16.1. The lowest BCUT2D eigenvalue weighted by atomic mass is 10.0. The normalized spacial score (nSPS) is 18.2. The molecule has 0 spiro atoms. The summed E-state index contributed by atoms with van der Waals surface area (Å²) in [5.41, 5.74) is 1.01. The molecule has 0 aromatic heterocycles. The summed E-state index contributed by atoms with van der Waals surface area (Å²) in [6.07, 6.45) is 1.98. The third-order valence-corrected chi connectivity index (χ3v) is 4.29. The number of thioether (sulfide) groups is 1. The first-order valence-corrected chi connectivity index (χ1v) is 8.32. The Balaban J connectivity index is 2.01. The monoisotopic (exact) mass is 310 g/mol. The average Bonchev–Trinajstić information content (AvgIpc) is 2.44. The van der Waals surface area contributed by atoms with Crippen molar-refractivity contribution in [2.24, 2.45) is 0 Å². The van der Waals surface area contributed by atoms with Crippen molar-refractivity contribution >= 4 is 23.4 Å². The van der Waals surface area contributed by atoms with Crippen LogP contribution in [0.3, 0.4) is 0 Å². The number of rotatable bonds is 6. The zero-order valence-corrected chi connectivity index (χ0v) is 13.4. The van der Waals surface area contributed by atoms with Crippen LogP contribution in [0.5, 0.6) is 5.75 Å². The van der Waals surface area contributed by atoms with Gasteiger partial charge >= 0.3 is 0 Å². The second kappa shape index (κ2) is 6.68. The molecule has 1 aromatic rings. The van der Waals surface area contributed by atoms with E-state index >= 15 is 0 Å². The minimum Gasteiger partial charge on any atom is -0.482 e. The second-order valence-electron chi connectivity index (χ2n) is 5.62. The lowest BCUT2D eigenvalue weighted by Gasteiger charge is -2.26. The summed E-state index contributed by atoms with van der Waals surface area (Å²) >= 11 is 1.62. The smallest absolute Gasteiger partial charge is 0.262 e. The van der Waals surface area contributed by atoms with Crippen molar-refractivity contribution in [2.45, 2.75) is 25.5 Å². The van der Waals surface area contributed by atoms with E-state index < -0.39 is 5.60 Å². The van der Waals surface area contributed by atoms with E-state index in [1.807, 2.05) is 38.3 Å². The van der Waals surface area contributed by atoms with E-state index in [4.69, 9.17) is 4.74 Å². The summed E-state index contributed by atoms with van der Waals surface area (Å²) in [6, 6.07) is 5.81. The van der Waals surface area contributed by atoms with E-state index in [1.54, 1.807) is 11.8 Å². The third-order valence-electron chi connectivity index (χ3n) is 3.38. The highest BCUT2D eigenvalue weighted by Crippen LogP contribution is 2.30. The van der Waals surface area contributed by atoms with Crippen LogP contribution >= 0.6 is 11.8 Å². The molecular formula is C15H22N2O3S. The molecule has 5 nitrogen and oxygen atoms in total. The number of fused-ring (bicyclic) bond motifs is 1. The number of carbonyl (C=O) groups excluding carboxylic acids is 1. The van der Waals surface area contributed by atoms with E-state index in [-0.39, 0.29) is 18.6 Å². The number of hydrogen-bond donors (Lipinski definition) is 3. The quantitative estimate of drug-likeness (QED) is 0.747. The molecule has 116 valence electrons. The van der Waals surface area contributed by atoms with E-state index in [0.717, 1.165) is 5.56 Å². The first-order chi connectivity index (χ1) is 9.91. The minimum absolute atomic E-state index is 0.0672. The van der Waals surface area contributed by atoms with E-state index in [0.29, 0.717) is 23.7 Å². The van der Waals surface area contributed by atoms with Crippen molar-refractivity contribution < 1.29 is 14.6 Å². The molecule has 2 rings (SSSR count). The first-order valence-electron chi connectivity index (χ1n) is 6.92. The van der Waals surface area contributed by atoms with Gasteiger partial charge in [0.25, 0.3) is 5.91 Å². The van der Waals surface area contributed by atoms with Crippen molar-refractivity contribution in [1.29, 1.82) is 0 Å². The van der Waals surface area contributed by atoms with Crippen LogP contribution in [0.1, 0.15) is 25.5 Å². The van der Waals surface area contributed by atoms with Crippen molar-refractivity contribution in [3.8, 4) is 5.75 Å². The van der Waals surface area contributed by atoms with Gasteiger partial charge in [-0.3, -0.25) is 4.79 Å². The molecule has 21 heavy (non-hydrogen) atoms. The number of amides is 1. The standard InChI is InChI=1S/C15H22N2O3S/c1-10(16-8-15(2,19)9-21-3)11-4-5-13-12(6-11)17-14(18)7-20-13/h4-6,10,16,19H,7-9H2,1-3H3,(H,17,18). The van der Waals surface area contributed by atoms with E-state index in [2.05, 4.69) is 10.6 Å². The zero-order chi connectivity index (χ0) is 15.5. The number of anilines is 1. The number of carbonyl (C=O) groups is 1. The van der Waals surface area contributed by atoms with E-state index in [1.165, 1.54) is 0 Å². The van der Waals surface area contributed by atoms with Gasteiger partial charge in [-0.15, -0.1) is 0 Å². The van der Waals surface area contributed by atoms with Crippen LogP contribution in [-0.4, -0.2) is 41.8 Å². The molecule has 6 heteroatoms. The molecule has 0 saturated heterocycles. The average molecular weight is 310 g/mol. The van der Waals surface area contributed by atoms with Crippen LogP contribution in [0.25, 0.3) is 0 Å². The van der Waals surface area contributed by atoms with Crippen molar-refractivity contribution in [3.63, 3.8) is 0 Å². The summed E-state index contributed by atoms with van der Waals surface area (Å²) < 4.78 is 5.34. The van der Waals surface area contributed by atoms with Gasteiger partial charge in [-0.05, 0) is 37.8 Å². The van der Waals surface area contributed by atoms with Crippen LogP contribution in [-0.2, 0) is 4.79 Å². The SMILES string of the molecule is CSCC(C)(O)CNC(C)c1ccc2c(c1)NC(=O)CO2. The number of hydrogen-bond acceptors (Lipinski definition) is 5. The molecule has 2 unspecified atom stereocenters.